The summed E-state index contributed by atoms with van der Waals surface area (Å²) < 4.78 is 2.42. The largest absolute Gasteiger partial charge is 0.335 e. The predicted octanol–water partition coefficient (Wildman–Crippen LogP) is 11.2. The lowest BCUT2D eigenvalue weighted by atomic mass is 10.0. The molecule has 1 aromatic heterocycles. The number of unbranched alkanes of at least 4 members (excludes halogenated alkanes) is 23. The standard InChI is InChI=1S/C32H62N2/c1-3-5-7-9-11-13-14-15-16-17-18-19-20-22-24-26-28-32-33-29-31-34(32)30-27-25-23-21-12-10-8-6-4-2/h29,31H,3-28,30H2,1-2H3. The zero-order chi connectivity index (χ0) is 24.4. The molecule has 0 atom stereocenters. The summed E-state index contributed by atoms with van der Waals surface area (Å²) >= 11 is 0. The van der Waals surface area contributed by atoms with E-state index in [2.05, 4.69) is 29.6 Å². The van der Waals surface area contributed by atoms with Gasteiger partial charge in [-0.3, -0.25) is 0 Å². The Morgan fingerprint density at radius 3 is 1.24 bits per heavy atom. The highest BCUT2D eigenvalue weighted by molar-refractivity contribution is 4.92. The molecule has 0 fully saturated rings. The third kappa shape index (κ3) is 19.5. The van der Waals surface area contributed by atoms with E-state index in [1.165, 1.54) is 179 Å². The quantitative estimate of drug-likeness (QED) is 0.116. The van der Waals surface area contributed by atoms with Gasteiger partial charge in [0.2, 0.25) is 0 Å². The van der Waals surface area contributed by atoms with Gasteiger partial charge in [-0.05, 0) is 12.8 Å². The van der Waals surface area contributed by atoms with E-state index < -0.39 is 0 Å². The molecule has 0 radical (unpaired) electrons. The minimum atomic E-state index is 1.17. The van der Waals surface area contributed by atoms with Gasteiger partial charge in [0.25, 0.3) is 0 Å². The molecular formula is C32H62N2. The minimum absolute atomic E-state index is 1.17. The summed E-state index contributed by atoms with van der Waals surface area (Å²) in [7, 11) is 0. The van der Waals surface area contributed by atoms with Crippen molar-refractivity contribution in [3.05, 3.63) is 18.2 Å². The Kier molecular flexibility index (Phi) is 23.3. The maximum atomic E-state index is 4.64. The van der Waals surface area contributed by atoms with E-state index in [1.54, 1.807) is 0 Å². The molecule has 0 bridgehead atoms. The maximum absolute atomic E-state index is 4.64. The summed E-state index contributed by atoms with van der Waals surface area (Å²) in [6.07, 6.45) is 41.0. The third-order valence-corrected chi connectivity index (χ3v) is 7.56. The molecule has 0 saturated carbocycles. The second-order valence-electron chi connectivity index (χ2n) is 10.9. The molecule has 1 aromatic rings. The van der Waals surface area contributed by atoms with Crippen LogP contribution in [0, 0.1) is 0 Å². The van der Waals surface area contributed by atoms with Gasteiger partial charge in [-0.1, -0.05) is 162 Å². The van der Waals surface area contributed by atoms with Crippen LogP contribution < -0.4 is 0 Å². The smallest absolute Gasteiger partial charge is 0.108 e. The Hall–Kier alpha value is -0.790. The van der Waals surface area contributed by atoms with Gasteiger partial charge < -0.3 is 4.57 Å². The number of hydrogen-bond acceptors (Lipinski definition) is 1. The van der Waals surface area contributed by atoms with Gasteiger partial charge in [-0.25, -0.2) is 4.98 Å². The fourth-order valence-electron chi connectivity index (χ4n) is 5.20. The van der Waals surface area contributed by atoms with Gasteiger partial charge in [0.1, 0.15) is 5.82 Å². The average molecular weight is 475 g/mol. The van der Waals surface area contributed by atoms with Crippen LogP contribution in [0.15, 0.2) is 12.4 Å². The van der Waals surface area contributed by atoms with Gasteiger partial charge in [0.05, 0.1) is 0 Å². The summed E-state index contributed by atoms with van der Waals surface area (Å²) in [5, 5.41) is 0. The van der Waals surface area contributed by atoms with Crippen LogP contribution in [0.5, 0.6) is 0 Å². The highest BCUT2D eigenvalue weighted by Crippen LogP contribution is 2.15. The van der Waals surface area contributed by atoms with E-state index in [-0.39, 0.29) is 0 Å². The van der Waals surface area contributed by atoms with E-state index in [4.69, 9.17) is 0 Å². The first kappa shape index (κ1) is 31.2. The first-order valence-corrected chi connectivity index (χ1v) is 15.9. The predicted molar refractivity (Wildman–Crippen MR) is 153 cm³/mol. The Morgan fingerprint density at radius 1 is 0.471 bits per heavy atom. The molecule has 1 rings (SSSR count). The Morgan fingerprint density at radius 2 is 0.824 bits per heavy atom. The zero-order valence-electron chi connectivity index (χ0n) is 23.6. The molecule has 200 valence electrons. The second-order valence-corrected chi connectivity index (χ2v) is 10.9. The molecule has 0 aliphatic heterocycles. The molecule has 0 saturated heterocycles. The van der Waals surface area contributed by atoms with E-state index in [0.29, 0.717) is 0 Å². The lowest BCUT2D eigenvalue weighted by Crippen LogP contribution is -2.03. The second kappa shape index (κ2) is 25.3. The van der Waals surface area contributed by atoms with Crippen LogP contribution in [-0.2, 0) is 13.0 Å². The van der Waals surface area contributed by atoms with Gasteiger partial charge in [0, 0.05) is 25.4 Å². The number of imidazole rings is 1. The molecule has 2 heteroatoms. The average Bonchev–Trinajstić information content (AvgIpc) is 3.30. The molecule has 0 aromatic carbocycles. The number of rotatable bonds is 27. The fourth-order valence-corrected chi connectivity index (χ4v) is 5.20. The van der Waals surface area contributed by atoms with Crippen molar-refractivity contribution in [3.63, 3.8) is 0 Å². The molecule has 0 unspecified atom stereocenters. The topological polar surface area (TPSA) is 17.8 Å². The monoisotopic (exact) mass is 474 g/mol. The van der Waals surface area contributed by atoms with E-state index in [0.717, 1.165) is 0 Å². The highest BCUT2D eigenvalue weighted by atomic mass is 15.1. The fraction of sp³-hybridized carbons (Fsp3) is 0.906. The van der Waals surface area contributed by atoms with Gasteiger partial charge in [-0.15, -0.1) is 0 Å². The van der Waals surface area contributed by atoms with Crippen LogP contribution in [0.1, 0.15) is 180 Å². The van der Waals surface area contributed by atoms with E-state index >= 15 is 0 Å². The van der Waals surface area contributed by atoms with Crippen LogP contribution in [0.3, 0.4) is 0 Å². The summed E-state index contributed by atoms with van der Waals surface area (Å²) in [6.45, 7) is 5.77. The van der Waals surface area contributed by atoms with Gasteiger partial charge in [-0.2, -0.15) is 0 Å². The van der Waals surface area contributed by atoms with Crippen LogP contribution in [-0.4, -0.2) is 9.55 Å². The number of aromatic nitrogens is 2. The van der Waals surface area contributed by atoms with Crippen molar-refractivity contribution < 1.29 is 0 Å². The van der Waals surface area contributed by atoms with Crippen molar-refractivity contribution in [3.8, 4) is 0 Å². The lowest BCUT2D eigenvalue weighted by Gasteiger charge is -2.08. The first-order valence-electron chi connectivity index (χ1n) is 15.9. The molecule has 0 amide bonds. The van der Waals surface area contributed by atoms with Crippen LogP contribution in [0.25, 0.3) is 0 Å². The molecule has 0 N–H and O–H groups in total. The molecule has 1 heterocycles. The van der Waals surface area contributed by atoms with E-state index in [1.807, 2.05) is 6.20 Å². The third-order valence-electron chi connectivity index (χ3n) is 7.56. The van der Waals surface area contributed by atoms with Crippen molar-refractivity contribution in [2.75, 3.05) is 0 Å². The normalized spacial score (nSPS) is 11.5. The molecule has 2 nitrogen and oxygen atoms in total. The summed E-state index contributed by atoms with van der Waals surface area (Å²) in [4.78, 5) is 4.64. The molecular weight excluding hydrogens is 412 g/mol. The van der Waals surface area contributed by atoms with Crippen LogP contribution >= 0.6 is 0 Å². The maximum Gasteiger partial charge on any atom is 0.108 e. The highest BCUT2D eigenvalue weighted by Gasteiger charge is 2.03. The Labute approximate surface area is 215 Å². The summed E-state index contributed by atoms with van der Waals surface area (Å²) in [6, 6.07) is 0. The summed E-state index contributed by atoms with van der Waals surface area (Å²) in [5.74, 6) is 1.32. The SMILES string of the molecule is CCCCCCCCCCCCCCCCCCc1nccn1CCCCCCCCCCC. The number of hydrogen-bond donors (Lipinski definition) is 0. The molecule has 0 spiro atoms. The number of nitrogens with zero attached hydrogens (tertiary/aromatic N) is 2. The van der Waals surface area contributed by atoms with Crippen molar-refractivity contribution in [1.29, 1.82) is 0 Å². The zero-order valence-corrected chi connectivity index (χ0v) is 23.6. The molecule has 34 heavy (non-hydrogen) atoms. The van der Waals surface area contributed by atoms with Gasteiger partial charge in [0.15, 0.2) is 0 Å². The number of aryl methyl sites for hydroxylation is 2. The van der Waals surface area contributed by atoms with Crippen molar-refractivity contribution >= 4 is 0 Å². The minimum Gasteiger partial charge on any atom is -0.335 e. The van der Waals surface area contributed by atoms with Gasteiger partial charge >= 0.3 is 0 Å². The first-order chi connectivity index (χ1) is 16.9. The Balaban J connectivity index is 1.85. The van der Waals surface area contributed by atoms with Crippen LogP contribution in [0.4, 0.5) is 0 Å². The molecule has 0 aliphatic rings. The Bertz CT molecular complexity index is 507. The van der Waals surface area contributed by atoms with Crippen molar-refractivity contribution in [2.45, 2.75) is 187 Å². The van der Waals surface area contributed by atoms with Crippen molar-refractivity contribution in [1.82, 2.24) is 9.55 Å². The summed E-state index contributed by atoms with van der Waals surface area (Å²) in [5.41, 5.74) is 0. The van der Waals surface area contributed by atoms with Crippen LogP contribution in [0.2, 0.25) is 0 Å². The van der Waals surface area contributed by atoms with Crippen molar-refractivity contribution in [2.24, 2.45) is 0 Å². The molecule has 0 aliphatic carbocycles. The van der Waals surface area contributed by atoms with E-state index in [9.17, 15) is 0 Å². The lowest BCUT2D eigenvalue weighted by molar-refractivity contribution is 0.519.